The summed E-state index contributed by atoms with van der Waals surface area (Å²) >= 11 is 0. The Hall–Kier alpha value is -2.81. The van der Waals surface area contributed by atoms with Gasteiger partial charge in [0, 0.05) is 11.5 Å². The van der Waals surface area contributed by atoms with E-state index in [9.17, 15) is 4.79 Å². The Morgan fingerprint density at radius 1 is 0.920 bits per heavy atom. The third kappa shape index (κ3) is 2.02. The van der Waals surface area contributed by atoms with Gasteiger partial charge in [-0.2, -0.15) is 10.2 Å². The largest absolute Gasteiger partial charge is 0.291 e. The van der Waals surface area contributed by atoms with E-state index in [-0.39, 0.29) is 11.7 Å². The first-order valence-electron chi connectivity index (χ1n) is 8.79. The molecule has 0 saturated carbocycles. The minimum atomic E-state index is -0.738. The molecule has 3 nitrogen and oxygen atoms in total. The third-order valence-electron chi connectivity index (χ3n) is 5.72. The lowest BCUT2D eigenvalue weighted by molar-refractivity contribution is 0.0854. The number of fused-ring (bicyclic) bond motifs is 2. The number of carbonyl (C=O) groups excluding carboxylic acids is 1. The summed E-state index contributed by atoms with van der Waals surface area (Å²) in [5, 5.41) is 11.3. The Labute approximate surface area is 146 Å². The molecule has 1 spiro atoms. The zero-order valence-corrected chi connectivity index (χ0v) is 13.9. The highest BCUT2D eigenvalue weighted by atomic mass is 16.1. The second-order valence-corrected chi connectivity index (χ2v) is 6.96. The predicted molar refractivity (Wildman–Crippen MR) is 98.2 cm³/mol. The highest BCUT2D eigenvalue weighted by Gasteiger charge is 2.52. The molecule has 1 unspecified atom stereocenters. The van der Waals surface area contributed by atoms with Crippen LogP contribution in [0.3, 0.4) is 0 Å². The van der Waals surface area contributed by atoms with Crippen LogP contribution in [-0.4, -0.2) is 17.9 Å². The first-order valence-corrected chi connectivity index (χ1v) is 8.79. The first-order chi connectivity index (χ1) is 12.3. The van der Waals surface area contributed by atoms with Crippen LogP contribution >= 0.6 is 0 Å². The van der Waals surface area contributed by atoms with Crippen LogP contribution in [-0.2, 0) is 6.42 Å². The molecule has 3 aromatic rings. The van der Waals surface area contributed by atoms with Gasteiger partial charge < -0.3 is 0 Å². The number of hydrogen-bond acceptors (Lipinski definition) is 3. The molecule has 122 valence electrons. The van der Waals surface area contributed by atoms with E-state index in [1.165, 1.54) is 16.3 Å². The Kier molecular flexibility index (Phi) is 3.11. The van der Waals surface area contributed by atoms with Crippen molar-refractivity contribution in [3.8, 4) is 0 Å². The molecule has 0 aromatic heterocycles. The van der Waals surface area contributed by atoms with Crippen molar-refractivity contribution < 1.29 is 4.79 Å². The minimum Gasteiger partial charge on any atom is -0.291 e. The molecule has 0 fully saturated rings. The normalized spacial score (nSPS) is 24.8. The molecular formula is C22H18N2O. The molecule has 1 heterocycles. The zero-order valence-electron chi connectivity index (χ0n) is 13.9. The summed E-state index contributed by atoms with van der Waals surface area (Å²) in [4.78, 5) is 13.4. The number of carbonyl (C=O) groups is 1. The summed E-state index contributed by atoms with van der Waals surface area (Å²) in [5.74, 6) is 0.146. The van der Waals surface area contributed by atoms with E-state index < -0.39 is 5.54 Å². The van der Waals surface area contributed by atoms with Gasteiger partial charge in [0.1, 0.15) is 0 Å². The summed E-state index contributed by atoms with van der Waals surface area (Å²) in [6.45, 7) is 0.585. The van der Waals surface area contributed by atoms with Gasteiger partial charge in [0.2, 0.25) is 0 Å². The Morgan fingerprint density at radius 2 is 1.72 bits per heavy atom. The lowest BCUT2D eigenvalue weighted by Gasteiger charge is -2.35. The van der Waals surface area contributed by atoms with E-state index in [0.717, 1.165) is 24.0 Å². The summed E-state index contributed by atoms with van der Waals surface area (Å²) in [6.07, 6.45) is 1.61. The maximum Gasteiger partial charge on any atom is 0.193 e. The molecule has 5 rings (SSSR count). The number of rotatable bonds is 1. The summed E-state index contributed by atoms with van der Waals surface area (Å²) < 4.78 is 0. The number of ketones is 1. The third-order valence-corrected chi connectivity index (χ3v) is 5.72. The van der Waals surface area contributed by atoms with Crippen LogP contribution in [0.15, 0.2) is 77.0 Å². The van der Waals surface area contributed by atoms with Crippen molar-refractivity contribution in [1.29, 1.82) is 0 Å². The van der Waals surface area contributed by atoms with Crippen LogP contribution < -0.4 is 0 Å². The van der Waals surface area contributed by atoms with Gasteiger partial charge in [-0.15, -0.1) is 0 Å². The average Bonchev–Trinajstić information content (AvgIpc) is 3.09. The lowest BCUT2D eigenvalue weighted by Crippen LogP contribution is -2.44. The molecular weight excluding hydrogens is 308 g/mol. The standard InChI is InChI=1S/C22H18N2O/c25-21-18-10-4-2-7-16(18)12-13-22(21)20(14-23-24-22)19-11-5-8-15-6-1-3-9-17(15)19/h1-11,20H,12-14H2/t20-,22?/m0/s1. The lowest BCUT2D eigenvalue weighted by atomic mass is 9.68. The summed E-state index contributed by atoms with van der Waals surface area (Å²) in [7, 11) is 0. The number of azo groups is 1. The fraction of sp³-hybridized carbons (Fsp3) is 0.227. The van der Waals surface area contributed by atoms with Crippen molar-refractivity contribution in [2.45, 2.75) is 24.3 Å². The fourth-order valence-electron chi connectivity index (χ4n) is 4.44. The molecule has 3 aromatic carbocycles. The topological polar surface area (TPSA) is 41.8 Å². The molecule has 1 aliphatic heterocycles. The molecule has 0 amide bonds. The van der Waals surface area contributed by atoms with Crippen LogP contribution in [0.4, 0.5) is 0 Å². The van der Waals surface area contributed by atoms with Crippen LogP contribution in [0.5, 0.6) is 0 Å². The number of nitrogens with zero attached hydrogens (tertiary/aromatic N) is 2. The fourth-order valence-corrected chi connectivity index (χ4v) is 4.44. The highest BCUT2D eigenvalue weighted by Crippen LogP contribution is 2.47. The Bertz CT molecular complexity index is 1020. The quantitative estimate of drug-likeness (QED) is 0.623. The van der Waals surface area contributed by atoms with Gasteiger partial charge >= 0.3 is 0 Å². The van der Waals surface area contributed by atoms with Crippen molar-refractivity contribution >= 4 is 16.6 Å². The van der Waals surface area contributed by atoms with Crippen molar-refractivity contribution in [3.63, 3.8) is 0 Å². The van der Waals surface area contributed by atoms with Crippen LogP contribution in [0.2, 0.25) is 0 Å². The predicted octanol–water partition coefficient (Wildman–Crippen LogP) is 4.96. The molecule has 3 heteroatoms. The summed E-state index contributed by atoms with van der Waals surface area (Å²) in [5.41, 5.74) is 2.41. The van der Waals surface area contributed by atoms with Gasteiger partial charge in [0.25, 0.3) is 0 Å². The molecule has 1 aliphatic carbocycles. The second kappa shape index (κ2) is 5.35. The van der Waals surface area contributed by atoms with Gasteiger partial charge in [-0.05, 0) is 34.7 Å². The van der Waals surface area contributed by atoms with Gasteiger partial charge in [-0.25, -0.2) is 0 Å². The Balaban J connectivity index is 1.67. The van der Waals surface area contributed by atoms with Crippen molar-refractivity contribution in [2.75, 3.05) is 6.54 Å². The van der Waals surface area contributed by atoms with E-state index in [4.69, 9.17) is 0 Å². The van der Waals surface area contributed by atoms with E-state index in [0.29, 0.717) is 6.54 Å². The molecule has 2 aliphatic rings. The molecule has 0 saturated heterocycles. The van der Waals surface area contributed by atoms with Crippen molar-refractivity contribution in [1.82, 2.24) is 0 Å². The van der Waals surface area contributed by atoms with E-state index in [1.54, 1.807) is 0 Å². The smallest absolute Gasteiger partial charge is 0.193 e. The van der Waals surface area contributed by atoms with Crippen molar-refractivity contribution in [3.05, 3.63) is 83.4 Å². The molecule has 0 radical (unpaired) electrons. The van der Waals surface area contributed by atoms with E-state index >= 15 is 0 Å². The van der Waals surface area contributed by atoms with Crippen LogP contribution in [0, 0.1) is 0 Å². The molecule has 2 atom stereocenters. The summed E-state index contributed by atoms with van der Waals surface area (Å²) in [6, 6.07) is 22.6. The maximum atomic E-state index is 13.4. The van der Waals surface area contributed by atoms with E-state index in [2.05, 4.69) is 52.7 Å². The number of aryl methyl sites for hydroxylation is 1. The second-order valence-electron chi connectivity index (χ2n) is 6.96. The van der Waals surface area contributed by atoms with Crippen LogP contribution in [0.25, 0.3) is 10.8 Å². The first kappa shape index (κ1) is 14.5. The number of benzene rings is 3. The SMILES string of the molecule is O=C1c2ccccc2CCC12N=NC[C@H]2c1cccc2ccccc12. The van der Waals surface area contributed by atoms with Gasteiger partial charge in [0.15, 0.2) is 11.3 Å². The molecule has 0 bridgehead atoms. The van der Waals surface area contributed by atoms with Crippen molar-refractivity contribution in [2.24, 2.45) is 10.2 Å². The van der Waals surface area contributed by atoms with Gasteiger partial charge in [0.05, 0.1) is 6.54 Å². The maximum absolute atomic E-state index is 13.4. The number of Topliss-reactive ketones (excluding diaryl/α,β-unsaturated/α-hetero) is 1. The number of hydrogen-bond donors (Lipinski definition) is 0. The monoisotopic (exact) mass is 326 g/mol. The Morgan fingerprint density at radius 3 is 2.68 bits per heavy atom. The minimum absolute atomic E-state index is 0.0134. The van der Waals surface area contributed by atoms with Gasteiger partial charge in [-0.3, -0.25) is 4.79 Å². The van der Waals surface area contributed by atoms with Gasteiger partial charge in [-0.1, -0.05) is 66.7 Å². The van der Waals surface area contributed by atoms with Crippen LogP contribution in [0.1, 0.15) is 33.8 Å². The average molecular weight is 326 g/mol. The zero-order chi connectivity index (χ0) is 16.9. The highest BCUT2D eigenvalue weighted by molar-refractivity contribution is 6.07. The molecule has 0 N–H and O–H groups in total. The molecule has 25 heavy (non-hydrogen) atoms. The van der Waals surface area contributed by atoms with E-state index in [1.807, 2.05) is 24.3 Å².